The molecule has 0 aliphatic heterocycles. The van der Waals surface area contributed by atoms with Crippen LogP contribution < -0.4 is 4.74 Å². The molecule has 15 heavy (non-hydrogen) atoms. The molecule has 0 fully saturated rings. The molecule has 0 heterocycles. The maximum Gasteiger partial charge on any atom is 0.311 e. The third kappa shape index (κ3) is 2.41. The van der Waals surface area contributed by atoms with Crippen LogP contribution in [-0.4, -0.2) is 23.8 Å². The number of ether oxygens (including phenoxy) is 1. The molecule has 0 saturated heterocycles. The highest BCUT2D eigenvalue weighted by Gasteiger charge is 2.18. The molecule has 0 bridgehead atoms. The number of nitrogens with zero attached hydrogens (tertiary/aromatic N) is 1. The molecule has 6 heteroatoms. The number of nitro benzene ring substituents is 1. The van der Waals surface area contributed by atoms with Crippen molar-refractivity contribution >= 4 is 5.69 Å². The smallest absolute Gasteiger partial charge is 0.311 e. The summed E-state index contributed by atoms with van der Waals surface area (Å²) in [5.74, 6) is 0.0785. The first kappa shape index (κ1) is 11.4. The topological polar surface area (TPSA) is 72.6 Å². The monoisotopic (exact) mass is 215 g/mol. The molecular formula is C9H10FNO4. The van der Waals surface area contributed by atoms with Gasteiger partial charge in [-0.3, -0.25) is 10.1 Å². The summed E-state index contributed by atoms with van der Waals surface area (Å²) in [4.78, 5) is 9.95. The summed E-state index contributed by atoms with van der Waals surface area (Å²) in [7, 11) is 1.30. The maximum atomic E-state index is 12.1. The second-order valence-electron chi connectivity index (χ2n) is 2.86. The first-order valence-corrected chi connectivity index (χ1v) is 4.16. The normalized spacial score (nSPS) is 12.2. The summed E-state index contributed by atoms with van der Waals surface area (Å²) < 4.78 is 16.9. The fourth-order valence-corrected chi connectivity index (χ4v) is 1.15. The van der Waals surface area contributed by atoms with Gasteiger partial charge in [0, 0.05) is 6.07 Å². The van der Waals surface area contributed by atoms with Crippen LogP contribution >= 0.6 is 0 Å². The number of hydrogen-bond donors (Lipinski definition) is 1. The molecule has 0 saturated carbocycles. The van der Waals surface area contributed by atoms with E-state index in [0.29, 0.717) is 0 Å². The molecule has 0 aliphatic rings. The van der Waals surface area contributed by atoms with Gasteiger partial charge < -0.3 is 9.84 Å². The van der Waals surface area contributed by atoms with Crippen LogP contribution in [-0.2, 0) is 0 Å². The Balaban J connectivity index is 3.16. The summed E-state index contributed by atoms with van der Waals surface area (Å²) in [6.45, 7) is -0.983. The standard InChI is InChI=1S/C9H10FNO4/c1-15-9-3-2-6(8(12)5-10)4-7(9)11(13)14/h2-4,8,12H,5H2,1H3. The van der Waals surface area contributed by atoms with E-state index in [1.165, 1.54) is 19.2 Å². The van der Waals surface area contributed by atoms with Gasteiger partial charge in [-0.1, -0.05) is 6.07 Å². The Kier molecular flexibility index (Phi) is 3.56. The number of halogens is 1. The molecule has 0 aliphatic carbocycles. The number of nitro groups is 1. The van der Waals surface area contributed by atoms with Gasteiger partial charge in [0.1, 0.15) is 12.8 Å². The zero-order chi connectivity index (χ0) is 11.4. The molecule has 1 aromatic carbocycles. The number of aliphatic hydroxyl groups excluding tert-OH is 1. The number of methoxy groups -OCH3 is 1. The molecule has 1 N–H and O–H groups in total. The summed E-state index contributed by atoms with van der Waals surface area (Å²) >= 11 is 0. The Hall–Kier alpha value is -1.69. The lowest BCUT2D eigenvalue weighted by atomic mass is 10.1. The molecule has 0 spiro atoms. The van der Waals surface area contributed by atoms with E-state index in [1.807, 2.05) is 0 Å². The van der Waals surface area contributed by atoms with E-state index >= 15 is 0 Å². The predicted octanol–water partition coefficient (Wildman–Crippen LogP) is 1.61. The molecule has 1 aromatic rings. The Morgan fingerprint density at radius 2 is 2.33 bits per heavy atom. The molecule has 1 atom stereocenters. The molecule has 0 radical (unpaired) electrons. The van der Waals surface area contributed by atoms with Crippen LogP contribution in [0.25, 0.3) is 0 Å². The van der Waals surface area contributed by atoms with Gasteiger partial charge in [-0.2, -0.15) is 0 Å². The minimum absolute atomic E-state index is 0.0785. The highest BCUT2D eigenvalue weighted by atomic mass is 19.1. The fourth-order valence-electron chi connectivity index (χ4n) is 1.15. The van der Waals surface area contributed by atoms with Gasteiger partial charge in [0.25, 0.3) is 0 Å². The highest BCUT2D eigenvalue weighted by Crippen LogP contribution is 2.29. The second kappa shape index (κ2) is 4.70. The van der Waals surface area contributed by atoms with Crippen molar-refractivity contribution in [3.8, 4) is 5.75 Å². The molecule has 0 amide bonds. The van der Waals surface area contributed by atoms with E-state index in [2.05, 4.69) is 0 Å². The van der Waals surface area contributed by atoms with Crippen LogP contribution in [0.2, 0.25) is 0 Å². The Labute approximate surface area is 85.3 Å². The summed E-state index contributed by atoms with van der Waals surface area (Å²) in [6.07, 6.45) is -1.34. The van der Waals surface area contributed by atoms with Crippen LogP contribution in [0.15, 0.2) is 18.2 Å². The maximum absolute atomic E-state index is 12.1. The Bertz CT molecular complexity index is 369. The van der Waals surface area contributed by atoms with Gasteiger partial charge in [0.15, 0.2) is 5.75 Å². The number of benzene rings is 1. The third-order valence-electron chi connectivity index (χ3n) is 1.93. The number of alkyl halides is 1. The van der Waals surface area contributed by atoms with E-state index in [9.17, 15) is 14.5 Å². The van der Waals surface area contributed by atoms with Gasteiger partial charge in [-0.15, -0.1) is 0 Å². The predicted molar refractivity (Wildman–Crippen MR) is 50.6 cm³/mol. The molecule has 82 valence electrons. The average molecular weight is 215 g/mol. The van der Waals surface area contributed by atoms with Crippen molar-refractivity contribution in [2.45, 2.75) is 6.10 Å². The van der Waals surface area contributed by atoms with Crippen molar-refractivity contribution in [1.82, 2.24) is 0 Å². The Morgan fingerprint density at radius 3 is 2.80 bits per heavy atom. The number of aliphatic hydroxyl groups is 1. The van der Waals surface area contributed by atoms with Crippen molar-refractivity contribution in [3.05, 3.63) is 33.9 Å². The number of rotatable bonds is 4. The fraction of sp³-hybridized carbons (Fsp3) is 0.333. The van der Waals surface area contributed by atoms with Crippen LogP contribution in [0.4, 0.5) is 10.1 Å². The SMILES string of the molecule is COc1ccc(C(O)CF)cc1[N+](=O)[O-]. The molecule has 1 unspecified atom stereocenters. The number of hydrogen-bond acceptors (Lipinski definition) is 4. The van der Waals surface area contributed by atoms with Crippen LogP contribution in [0.5, 0.6) is 5.75 Å². The van der Waals surface area contributed by atoms with Crippen molar-refractivity contribution in [2.75, 3.05) is 13.8 Å². The van der Waals surface area contributed by atoms with Crippen LogP contribution in [0.1, 0.15) is 11.7 Å². The Morgan fingerprint density at radius 1 is 1.67 bits per heavy atom. The van der Waals surface area contributed by atoms with E-state index in [0.717, 1.165) is 6.07 Å². The van der Waals surface area contributed by atoms with Gasteiger partial charge in [0.05, 0.1) is 12.0 Å². The lowest BCUT2D eigenvalue weighted by molar-refractivity contribution is -0.385. The summed E-state index contributed by atoms with van der Waals surface area (Å²) in [5.41, 5.74) is -0.132. The van der Waals surface area contributed by atoms with E-state index in [4.69, 9.17) is 9.84 Å². The minimum atomic E-state index is -1.34. The zero-order valence-corrected chi connectivity index (χ0v) is 8.01. The quantitative estimate of drug-likeness (QED) is 0.611. The lowest BCUT2D eigenvalue weighted by Gasteiger charge is -2.07. The largest absolute Gasteiger partial charge is 0.490 e. The zero-order valence-electron chi connectivity index (χ0n) is 8.01. The summed E-state index contributed by atoms with van der Waals surface area (Å²) in [6, 6.07) is 3.81. The minimum Gasteiger partial charge on any atom is -0.490 e. The van der Waals surface area contributed by atoms with E-state index in [-0.39, 0.29) is 17.0 Å². The second-order valence-corrected chi connectivity index (χ2v) is 2.86. The molecule has 0 aromatic heterocycles. The molecule has 1 rings (SSSR count). The first-order chi connectivity index (χ1) is 7.10. The molecule has 5 nitrogen and oxygen atoms in total. The van der Waals surface area contributed by atoms with Gasteiger partial charge in [-0.25, -0.2) is 4.39 Å². The van der Waals surface area contributed by atoms with Crippen molar-refractivity contribution in [3.63, 3.8) is 0 Å². The summed E-state index contributed by atoms with van der Waals surface area (Å²) in [5, 5.41) is 19.8. The van der Waals surface area contributed by atoms with Crippen LogP contribution in [0, 0.1) is 10.1 Å². The van der Waals surface area contributed by atoms with Crippen molar-refractivity contribution in [2.24, 2.45) is 0 Å². The van der Waals surface area contributed by atoms with E-state index in [1.54, 1.807) is 0 Å². The van der Waals surface area contributed by atoms with Gasteiger partial charge in [0.2, 0.25) is 0 Å². The highest BCUT2D eigenvalue weighted by molar-refractivity contribution is 5.49. The first-order valence-electron chi connectivity index (χ1n) is 4.16. The van der Waals surface area contributed by atoms with Gasteiger partial charge in [-0.05, 0) is 11.6 Å². The van der Waals surface area contributed by atoms with Crippen LogP contribution in [0.3, 0.4) is 0 Å². The molecular weight excluding hydrogens is 205 g/mol. The van der Waals surface area contributed by atoms with Gasteiger partial charge >= 0.3 is 5.69 Å². The van der Waals surface area contributed by atoms with Crippen molar-refractivity contribution < 1.29 is 19.2 Å². The van der Waals surface area contributed by atoms with Crippen molar-refractivity contribution in [1.29, 1.82) is 0 Å². The van der Waals surface area contributed by atoms with E-state index < -0.39 is 17.7 Å². The third-order valence-corrected chi connectivity index (χ3v) is 1.93. The lowest BCUT2D eigenvalue weighted by Crippen LogP contribution is -2.01. The average Bonchev–Trinajstić information content (AvgIpc) is 2.27.